The summed E-state index contributed by atoms with van der Waals surface area (Å²) in [5.41, 5.74) is -0.542. The fraction of sp³-hybridized carbons (Fsp3) is 1.00. The van der Waals surface area contributed by atoms with Gasteiger partial charge in [0.2, 0.25) is 0 Å². The lowest BCUT2D eigenvalue weighted by atomic mass is 10.4. The molecule has 0 bridgehead atoms. The van der Waals surface area contributed by atoms with E-state index in [9.17, 15) is 9.13 Å². The molecular formula is C15H34O6P2. The average molecular weight is 372 g/mol. The minimum absolute atomic E-state index is 0.0320. The van der Waals surface area contributed by atoms with Crippen LogP contribution in [0.4, 0.5) is 0 Å². The fourth-order valence-electron chi connectivity index (χ4n) is 1.92. The standard InChI is InChI=1S/C15H34O6P2/c1-6-10-12-20-23(17,21-13-11-7-2)15(5)14-22(16,18-8-3)19-9-4/h15H,6-14H2,1-5H3. The molecule has 0 aromatic rings. The summed E-state index contributed by atoms with van der Waals surface area (Å²) < 4.78 is 47.5. The molecular weight excluding hydrogens is 338 g/mol. The van der Waals surface area contributed by atoms with E-state index in [0.717, 1.165) is 25.7 Å². The molecule has 0 N–H and O–H groups in total. The topological polar surface area (TPSA) is 71.1 Å². The van der Waals surface area contributed by atoms with Crippen LogP contribution in [0.5, 0.6) is 0 Å². The Labute approximate surface area is 141 Å². The van der Waals surface area contributed by atoms with E-state index in [1.54, 1.807) is 20.8 Å². The summed E-state index contributed by atoms with van der Waals surface area (Å²) in [6.07, 6.45) is 3.54. The van der Waals surface area contributed by atoms with Gasteiger partial charge in [-0.2, -0.15) is 0 Å². The van der Waals surface area contributed by atoms with E-state index < -0.39 is 20.9 Å². The van der Waals surface area contributed by atoms with Crippen molar-refractivity contribution in [2.45, 2.75) is 66.0 Å². The largest absolute Gasteiger partial charge is 0.334 e. The van der Waals surface area contributed by atoms with Crippen molar-refractivity contribution in [3.05, 3.63) is 0 Å². The zero-order valence-corrected chi connectivity index (χ0v) is 17.1. The molecule has 0 rings (SSSR count). The summed E-state index contributed by atoms with van der Waals surface area (Å²) in [4.78, 5) is 0. The molecule has 23 heavy (non-hydrogen) atoms. The van der Waals surface area contributed by atoms with Gasteiger partial charge in [0.05, 0.1) is 38.2 Å². The van der Waals surface area contributed by atoms with Crippen molar-refractivity contribution in [3.8, 4) is 0 Å². The predicted octanol–water partition coefficient (Wildman–Crippen LogP) is 5.47. The van der Waals surface area contributed by atoms with Gasteiger partial charge in [-0.05, 0) is 26.7 Å². The van der Waals surface area contributed by atoms with E-state index in [1.807, 2.05) is 13.8 Å². The highest BCUT2D eigenvalue weighted by Crippen LogP contribution is 2.59. The first-order valence-electron chi connectivity index (χ1n) is 8.64. The van der Waals surface area contributed by atoms with Crippen molar-refractivity contribution in [2.24, 2.45) is 0 Å². The Balaban J connectivity index is 4.96. The first kappa shape index (κ1) is 23.3. The highest BCUT2D eigenvalue weighted by atomic mass is 31.2. The highest BCUT2D eigenvalue weighted by Gasteiger charge is 2.39. The van der Waals surface area contributed by atoms with E-state index in [2.05, 4.69) is 0 Å². The molecule has 0 aliphatic carbocycles. The molecule has 0 aromatic carbocycles. The third-order valence-electron chi connectivity index (χ3n) is 3.22. The first-order chi connectivity index (χ1) is 10.9. The molecule has 1 atom stereocenters. The molecule has 6 nitrogen and oxygen atoms in total. The van der Waals surface area contributed by atoms with Gasteiger partial charge in [-0.25, -0.2) is 0 Å². The van der Waals surface area contributed by atoms with Crippen molar-refractivity contribution in [1.82, 2.24) is 0 Å². The Morgan fingerprint density at radius 2 is 1.22 bits per heavy atom. The van der Waals surface area contributed by atoms with Gasteiger partial charge in [0, 0.05) is 0 Å². The molecule has 0 fully saturated rings. The van der Waals surface area contributed by atoms with E-state index in [4.69, 9.17) is 18.1 Å². The summed E-state index contributed by atoms with van der Waals surface area (Å²) in [5.74, 6) is 0. The first-order valence-corrected chi connectivity index (χ1v) is 12.0. The smallest absolute Gasteiger partial charge is 0.309 e. The van der Waals surface area contributed by atoms with Crippen LogP contribution >= 0.6 is 15.2 Å². The summed E-state index contributed by atoms with van der Waals surface area (Å²) >= 11 is 0. The zero-order valence-electron chi connectivity index (χ0n) is 15.3. The molecule has 0 heterocycles. The second-order valence-corrected chi connectivity index (χ2v) is 9.97. The Bertz CT molecular complexity index is 364. The average Bonchev–Trinajstić information content (AvgIpc) is 2.48. The summed E-state index contributed by atoms with van der Waals surface area (Å²) in [6.45, 7) is 10.6. The van der Waals surface area contributed by atoms with Crippen LogP contribution in [0.2, 0.25) is 0 Å². The lowest BCUT2D eigenvalue weighted by Gasteiger charge is -2.27. The maximum Gasteiger partial charge on any atom is 0.334 e. The van der Waals surface area contributed by atoms with Crippen molar-refractivity contribution < 1.29 is 27.2 Å². The lowest BCUT2D eigenvalue weighted by molar-refractivity contribution is 0.190. The summed E-state index contributed by atoms with van der Waals surface area (Å²) in [7, 11) is -6.63. The third-order valence-corrected chi connectivity index (χ3v) is 8.15. The Kier molecular flexibility index (Phi) is 12.8. The number of rotatable bonds is 15. The molecule has 0 saturated heterocycles. The van der Waals surface area contributed by atoms with E-state index in [-0.39, 0.29) is 19.4 Å². The van der Waals surface area contributed by atoms with Crippen LogP contribution in [-0.4, -0.2) is 38.2 Å². The van der Waals surface area contributed by atoms with Gasteiger partial charge < -0.3 is 18.1 Å². The summed E-state index contributed by atoms with van der Waals surface area (Å²) in [5, 5.41) is 0. The van der Waals surface area contributed by atoms with Crippen LogP contribution in [0, 0.1) is 0 Å². The monoisotopic (exact) mass is 372 g/mol. The van der Waals surface area contributed by atoms with Gasteiger partial charge in [0.15, 0.2) is 0 Å². The van der Waals surface area contributed by atoms with Gasteiger partial charge in [0.1, 0.15) is 0 Å². The third kappa shape index (κ3) is 9.38. The second kappa shape index (κ2) is 12.6. The molecule has 0 aliphatic heterocycles. The Hall–Kier alpha value is 0.300. The molecule has 0 saturated carbocycles. The normalized spacial score (nSPS) is 14.1. The van der Waals surface area contributed by atoms with Crippen LogP contribution in [0.25, 0.3) is 0 Å². The molecule has 0 spiro atoms. The van der Waals surface area contributed by atoms with Crippen molar-refractivity contribution in [2.75, 3.05) is 32.6 Å². The minimum atomic E-state index is -3.35. The maximum atomic E-state index is 13.1. The van der Waals surface area contributed by atoms with Crippen LogP contribution in [0.1, 0.15) is 60.3 Å². The molecule has 8 heteroatoms. The number of hydrogen-bond acceptors (Lipinski definition) is 6. The maximum absolute atomic E-state index is 13.1. The van der Waals surface area contributed by atoms with Gasteiger partial charge >= 0.3 is 15.2 Å². The molecule has 0 amide bonds. The quantitative estimate of drug-likeness (QED) is 0.280. The minimum Gasteiger partial charge on any atom is -0.309 e. The number of unbranched alkanes of at least 4 members (excludes halogenated alkanes) is 2. The van der Waals surface area contributed by atoms with Crippen molar-refractivity contribution in [1.29, 1.82) is 0 Å². The van der Waals surface area contributed by atoms with Crippen molar-refractivity contribution in [3.63, 3.8) is 0 Å². The zero-order chi connectivity index (χ0) is 17.8. The molecule has 140 valence electrons. The Morgan fingerprint density at radius 3 is 1.57 bits per heavy atom. The number of hydrogen-bond donors (Lipinski definition) is 0. The predicted molar refractivity (Wildman–Crippen MR) is 94.5 cm³/mol. The molecule has 0 aromatic heterocycles. The van der Waals surface area contributed by atoms with Crippen molar-refractivity contribution >= 4 is 15.2 Å². The van der Waals surface area contributed by atoms with E-state index in [1.165, 1.54) is 0 Å². The lowest BCUT2D eigenvalue weighted by Crippen LogP contribution is -2.17. The van der Waals surface area contributed by atoms with Crippen LogP contribution in [-0.2, 0) is 27.2 Å². The highest BCUT2D eigenvalue weighted by molar-refractivity contribution is 7.58. The van der Waals surface area contributed by atoms with E-state index in [0.29, 0.717) is 13.2 Å². The van der Waals surface area contributed by atoms with Gasteiger partial charge in [-0.15, -0.1) is 0 Å². The van der Waals surface area contributed by atoms with Crippen LogP contribution < -0.4 is 0 Å². The Morgan fingerprint density at radius 1 is 0.783 bits per heavy atom. The van der Waals surface area contributed by atoms with Crippen LogP contribution in [0.3, 0.4) is 0 Å². The van der Waals surface area contributed by atoms with Gasteiger partial charge in [-0.1, -0.05) is 33.6 Å². The molecule has 0 radical (unpaired) electrons. The van der Waals surface area contributed by atoms with Crippen LogP contribution in [0.15, 0.2) is 0 Å². The second-order valence-electron chi connectivity index (χ2n) is 5.39. The van der Waals surface area contributed by atoms with E-state index >= 15 is 0 Å². The summed E-state index contributed by atoms with van der Waals surface area (Å²) in [6, 6.07) is 0. The molecule has 1 unspecified atom stereocenters. The fourth-order valence-corrected chi connectivity index (χ4v) is 6.39. The SMILES string of the molecule is CCCCOP(=O)(OCCCC)C(C)CP(=O)(OCC)OCC. The molecule has 0 aliphatic rings. The van der Waals surface area contributed by atoms with Gasteiger partial charge in [0.25, 0.3) is 0 Å². The van der Waals surface area contributed by atoms with Gasteiger partial charge in [-0.3, -0.25) is 9.13 Å².